The first-order valence-electron chi connectivity index (χ1n) is 4.60. The Balaban J connectivity index is 0.00000112. The van der Waals surface area contributed by atoms with Crippen LogP contribution in [0.25, 0.3) is 0 Å². The maximum absolute atomic E-state index is 10.6. The molecule has 0 saturated carbocycles. The molecule has 1 aromatic heterocycles. The van der Waals surface area contributed by atoms with Crippen molar-refractivity contribution in [1.82, 2.24) is 15.5 Å². The Labute approximate surface area is 93.0 Å². The van der Waals surface area contributed by atoms with Gasteiger partial charge in [0.25, 0.3) is 0 Å². The molecule has 7 heteroatoms. The molecule has 1 amide bonds. The smallest absolute Gasteiger partial charge is 0.236 e. The zero-order valence-electron chi connectivity index (χ0n) is 8.10. The summed E-state index contributed by atoms with van der Waals surface area (Å²) in [6, 6.07) is 0.167. The molecule has 2 heterocycles. The number of halogens is 1. The van der Waals surface area contributed by atoms with Crippen LogP contribution in [0.3, 0.4) is 0 Å². The SMILES string of the molecule is Cl.NC(=O)Cc1nc(C2CCCN2)no1. The lowest BCUT2D eigenvalue weighted by Crippen LogP contribution is -2.15. The number of carbonyl (C=O) groups is 1. The lowest BCUT2D eigenvalue weighted by molar-refractivity contribution is -0.117. The van der Waals surface area contributed by atoms with Gasteiger partial charge in [-0.2, -0.15) is 4.98 Å². The van der Waals surface area contributed by atoms with Crippen LogP contribution in [-0.4, -0.2) is 22.6 Å². The Morgan fingerprint density at radius 3 is 3.07 bits per heavy atom. The summed E-state index contributed by atoms with van der Waals surface area (Å²) >= 11 is 0. The first kappa shape index (κ1) is 11.9. The molecule has 0 spiro atoms. The Hall–Kier alpha value is -1.14. The van der Waals surface area contributed by atoms with Crippen LogP contribution in [0.4, 0.5) is 0 Å². The highest BCUT2D eigenvalue weighted by Crippen LogP contribution is 2.19. The van der Waals surface area contributed by atoms with Gasteiger partial charge in [-0.15, -0.1) is 12.4 Å². The van der Waals surface area contributed by atoms with Gasteiger partial charge in [0, 0.05) is 0 Å². The summed E-state index contributed by atoms with van der Waals surface area (Å²) in [5.41, 5.74) is 5.00. The van der Waals surface area contributed by atoms with E-state index in [1.165, 1.54) is 0 Å². The number of aromatic nitrogens is 2. The van der Waals surface area contributed by atoms with Gasteiger partial charge in [0.1, 0.15) is 6.42 Å². The van der Waals surface area contributed by atoms with E-state index in [0.29, 0.717) is 11.7 Å². The van der Waals surface area contributed by atoms with Crippen molar-refractivity contribution >= 4 is 18.3 Å². The predicted octanol–water partition coefficient (Wildman–Crippen LogP) is -0.0563. The van der Waals surface area contributed by atoms with Crippen LogP contribution in [0.1, 0.15) is 30.6 Å². The third kappa shape index (κ3) is 2.90. The number of nitrogens with one attached hydrogen (secondary N) is 1. The van der Waals surface area contributed by atoms with E-state index in [0.717, 1.165) is 19.4 Å². The van der Waals surface area contributed by atoms with Crippen molar-refractivity contribution in [3.63, 3.8) is 0 Å². The molecule has 1 aromatic rings. The Morgan fingerprint density at radius 1 is 1.67 bits per heavy atom. The minimum atomic E-state index is -0.459. The van der Waals surface area contributed by atoms with Crippen LogP contribution in [0.5, 0.6) is 0 Å². The number of primary amides is 1. The fourth-order valence-electron chi connectivity index (χ4n) is 1.54. The fourth-order valence-corrected chi connectivity index (χ4v) is 1.54. The number of amides is 1. The third-order valence-electron chi connectivity index (χ3n) is 2.18. The number of hydrogen-bond donors (Lipinski definition) is 2. The summed E-state index contributed by atoms with van der Waals surface area (Å²) in [6.07, 6.45) is 2.14. The van der Waals surface area contributed by atoms with Gasteiger partial charge in [0.2, 0.25) is 11.8 Å². The van der Waals surface area contributed by atoms with Gasteiger partial charge < -0.3 is 15.6 Å². The second-order valence-electron chi connectivity index (χ2n) is 3.34. The highest BCUT2D eigenvalue weighted by atomic mass is 35.5. The molecular weight excluding hydrogens is 220 g/mol. The van der Waals surface area contributed by atoms with E-state index in [-0.39, 0.29) is 24.9 Å². The van der Waals surface area contributed by atoms with E-state index >= 15 is 0 Å². The van der Waals surface area contributed by atoms with Gasteiger partial charge in [-0.3, -0.25) is 4.79 Å². The van der Waals surface area contributed by atoms with E-state index in [9.17, 15) is 4.79 Å². The molecule has 1 fully saturated rings. The first-order valence-corrected chi connectivity index (χ1v) is 4.60. The summed E-state index contributed by atoms with van der Waals surface area (Å²) in [4.78, 5) is 14.7. The molecule has 1 unspecified atom stereocenters. The Kier molecular flexibility index (Phi) is 4.05. The van der Waals surface area contributed by atoms with Gasteiger partial charge in [-0.1, -0.05) is 5.16 Å². The number of carbonyl (C=O) groups excluding carboxylic acids is 1. The molecule has 0 aromatic carbocycles. The van der Waals surface area contributed by atoms with Crippen molar-refractivity contribution in [2.45, 2.75) is 25.3 Å². The van der Waals surface area contributed by atoms with Crippen molar-refractivity contribution in [2.75, 3.05) is 6.54 Å². The van der Waals surface area contributed by atoms with E-state index in [2.05, 4.69) is 15.5 Å². The van der Waals surface area contributed by atoms with Crippen LogP contribution in [0.2, 0.25) is 0 Å². The van der Waals surface area contributed by atoms with Crippen LogP contribution >= 0.6 is 12.4 Å². The van der Waals surface area contributed by atoms with Crippen molar-refractivity contribution in [2.24, 2.45) is 5.73 Å². The number of hydrogen-bond acceptors (Lipinski definition) is 5. The van der Waals surface area contributed by atoms with Crippen molar-refractivity contribution in [1.29, 1.82) is 0 Å². The normalized spacial score (nSPS) is 19.9. The Bertz CT molecular complexity index is 335. The van der Waals surface area contributed by atoms with Crippen LogP contribution in [-0.2, 0) is 11.2 Å². The molecule has 2 rings (SSSR count). The maximum atomic E-state index is 10.6. The summed E-state index contributed by atoms with van der Waals surface area (Å²) in [5, 5.41) is 7.03. The van der Waals surface area contributed by atoms with Crippen LogP contribution < -0.4 is 11.1 Å². The zero-order valence-corrected chi connectivity index (χ0v) is 8.92. The molecule has 1 atom stereocenters. The van der Waals surface area contributed by atoms with Gasteiger partial charge in [0.05, 0.1) is 6.04 Å². The second-order valence-corrected chi connectivity index (χ2v) is 3.34. The molecule has 84 valence electrons. The minimum Gasteiger partial charge on any atom is -0.369 e. The second kappa shape index (κ2) is 5.09. The van der Waals surface area contributed by atoms with Gasteiger partial charge in [-0.25, -0.2) is 0 Å². The summed E-state index contributed by atoms with van der Waals surface area (Å²) in [5.74, 6) is 0.458. The standard InChI is InChI=1S/C8H12N4O2.ClH/c9-6(13)4-7-11-8(12-14-7)5-2-1-3-10-5;/h5,10H,1-4H2,(H2,9,13);1H. The lowest BCUT2D eigenvalue weighted by atomic mass is 10.2. The summed E-state index contributed by atoms with van der Waals surface area (Å²) in [6.45, 7) is 0.977. The van der Waals surface area contributed by atoms with Gasteiger partial charge in [0.15, 0.2) is 5.82 Å². The van der Waals surface area contributed by atoms with E-state index in [1.807, 2.05) is 0 Å². The molecule has 0 radical (unpaired) electrons. The van der Waals surface area contributed by atoms with E-state index < -0.39 is 5.91 Å². The molecule has 0 bridgehead atoms. The summed E-state index contributed by atoms with van der Waals surface area (Å²) in [7, 11) is 0. The first-order chi connectivity index (χ1) is 6.75. The quantitative estimate of drug-likeness (QED) is 0.762. The van der Waals surface area contributed by atoms with Crippen molar-refractivity contribution in [3.05, 3.63) is 11.7 Å². The maximum Gasteiger partial charge on any atom is 0.236 e. The fraction of sp³-hybridized carbons (Fsp3) is 0.625. The van der Waals surface area contributed by atoms with Gasteiger partial charge in [-0.05, 0) is 19.4 Å². The largest absolute Gasteiger partial charge is 0.369 e. The van der Waals surface area contributed by atoms with Crippen LogP contribution in [0, 0.1) is 0 Å². The number of nitrogens with zero attached hydrogens (tertiary/aromatic N) is 2. The Morgan fingerprint density at radius 2 is 2.47 bits per heavy atom. The van der Waals surface area contributed by atoms with Gasteiger partial charge >= 0.3 is 0 Å². The molecule has 1 aliphatic rings. The molecule has 6 nitrogen and oxygen atoms in total. The van der Waals surface area contributed by atoms with Crippen LogP contribution in [0.15, 0.2) is 4.52 Å². The van der Waals surface area contributed by atoms with E-state index in [1.54, 1.807) is 0 Å². The number of nitrogens with two attached hydrogens (primary N) is 1. The van der Waals surface area contributed by atoms with E-state index in [4.69, 9.17) is 10.3 Å². The predicted molar refractivity (Wildman–Crippen MR) is 54.4 cm³/mol. The topological polar surface area (TPSA) is 94.0 Å². The molecule has 3 N–H and O–H groups in total. The molecule has 15 heavy (non-hydrogen) atoms. The summed E-state index contributed by atoms with van der Waals surface area (Å²) < 4.78 is 4.89. The highest BCUT2D eigenvalue weighted by Gasteiger charge is 2.21. The highest BCUT2D eigenvalue weighted by molar-refractivity contribution is 5.85. The number of rotatable bonds is 3. The monoisotopic (exact) mass is 232 g/mol. The molecular formula is C8H13ClN4O2. The average Bonchev–Trinajstić information content (AvgIpc) is 2.69. The van der Waals surface area contributed by atoms with Crippen molar-refractivity contribution < 1.29 is 9.32 Å². The average molecular weight is 233 g/mol. The minimum absolute atomic E-state index is 0. The lowest BCUT2D eigenvalue weighted by Gasteiger charge is -2.01. The third-order valence-corrected chi connectivity index (χ3v) is 2.18. The van der Waals surface area contributed by atoms with Crippen molar-refractivity contribution in [3.8, 4) is 0 Å². The molecule has 1 saturated heterocycles. The molecule has 1 aliphatic heterocycles. The zero-order chi connectivity index (χ0) is 9.97. The molecule has 0 aliphatic carbocycles.